The van der Waals surface area contributed by atoms with Crippen LogP contribution in [0.25, 0.3) is 0 Å². The van der Waals surface area contributed by atoms with E-state index in [9.17, 15) is 4.79 Å². The van der Waals surface area contributed by atoms with Gasteiger partial charge in [0.05, 0.1) is 32.5 Å². The molecule has 0 radical (unpaired) electrons. The Labute approximate surface area is 177 Å². The van der Waals surface area contributed by atoms with Crippen molar-refractivity contribution in [1.29, 1.82) is 0 Å². The SMILES string of the molecule is COc1ccc(C2CCCN2C(=O)c2cn(C3CCNCC3)nn2)cc1OC.Cl. The van der Waals surface area contributed by atoms with Gasteiger partial charge in [0.2, 0.25) is 0 Å². The molecule has 9 heteroatoms. The number of piperidine rings is 1. The first-order chi connectivity index (χ1) is 13.7. The molecule has 0 bridgehead atoms. The van der Waals surface area contributed by atoms with Crippen molar-refractivity contribution in [3.05, 3.63) is 35.7 Å². The number of hydrogen-bond donors (Lipinski definition) is 1. The van der Waals surface area contributed by atoms with Crippen LogP contribution in [0.1, 0.15) is 53.8 Å². The molecule has 8 nitrogen and oxygen atoms in total. The standard InChI is InChI=1S/C20H27N5O3.ClH/c1-27-18-6-5-14(12-19(18)28-2)17-4-3-11-24(17)20(26)16-13-25(23-22-16)15-7-9-21-10-8-15;/h5-6,12-13,15,17,21H,3-4,7-11H2,1-2H3;1H. The number of nitrogens with one attached hydrogen (secondary N) is 1. The van der Waals surface area contributed by atoms with Gasteiger partial charge in [-0.1, -0.05) is 11.3 Å². The number of amides is 1. The Hall–Kier alpha value is -2.32. The Morgan fingerprint density at radius 2 is 1.90 bits per heavy atom. The second-order valence-electron chi connectivity index (χ2n) is 7.34. The molecule has 1 unspecified atom stereocenters. The van der Waals surface area contributed by atoms with Gasteiger partial charge in [-0.15, -0.1) is 17.5 Å². The lowest BCUT2D eigenvalue weighted by atomic mass is 10.0. The summed E-state index contributed by atoms with van der Waals surface area (Å²) in [7, 11) is 3.24. The number of halogens is 1. The van der Waals surface area contributed by atoms with Gasteiger partial charge >= 0.3 is 0 Å². The summed E-state index contributed by atoms with van der Waals surface area (Å²) in [6.07, 6.45) is 5.71. The molecule has 1 aromatic carbocycles. The van der Waals surface area contributed by atoms with E-state index >= 15 is 0 Å². The first-order valence-corrected chi connectivity index (χ1v) is 9.86. The maximum Gasteiger partial charge on any atom is 0.276 e. The van der Waals surface area contributed by atoms with Crippen LogP contribution in [0, 0.1) is 0 Å². The normalized spacial score (nSPS) is 19.7. The summed E-state index contributed by atoms with van der Waals surface area (Å²) in [6, 6.07) is 6.18. The molecule has 1 N–H and O–H groups in total. The van der Waals surface area contributed by atoms with E-state index in [1.807, 2.05) is 34.0 Å². The summed E-state index contributed by atoms with van der Waals surface area (Å²) in [5, 5.41) is 11.8. The molecule has 2 saturated heterocycles. The number of ether oxygens (including phenoxy) is 2. The Morgan fingerprint density at radius 1 is 1.14 bits per heavy atom. The average molecular weight is 422 g/mol. The number of rotatable bonds is 5. The summed E-state index contributed by atoms with van der Waals surface area (Å²) < 4.78 is 12.6. The van der Waals surface area contributed by atoms with Crippen molar-refractivity contribution in [2.45, 2.75) is 37.8 Å². The highest BCUT2D eigenvalue weighted by Gasteiger charge is 2.33. The van der Waals surface area contributed by atoms with Crippen molar-refractivity contribution in [2.24, 2.45) is 0 Å². The van der Waals surface area contributed by atoms with E-state index in [-0.39, 0.29) is 24.4 Å². The van der Waals surface area contributed by atoms with Crippen molar-refractivity contribution in [3.63, 3.8) is 0 Å². The van der Waals surface area contributed by atoms with E-state index in [1.165, 1.54) is 0 Å². The van der Waals surface area contributed by atoms with Crippen molar-refractivity contribution in [1.82, 2.24) is 25.2 Å². The number of aromatic nitrogens is 3. The molecule has 3 heterocycles. The Bertz CT molecular complexity index is 837. The molecule has 0 saturated carbocycles. The molecule has 1 amide bonds. The summed E-state index contributed by atoms with van der Waals surface area (Å²) in [4.78, 5) is 15.0. The summed E-state index contributed by atoms with van der Waals surface area (Å²) >= 11 is 0. The van der Waals surface area contributed by atoms with Crippen LogP contribution in [0.2, 0.25) is 0 Å². The smallest absolute Gasteiger partial charge is 0.276 e. The molecule has 0 aliphatic carbocycles. The van der Waals surface area contributed by atoms with E-state index in [1.54, 1.807) is 14.2 Å². The van der Waals surface area contributed by atoms with E-state index in [2.05, 4.69) is 15.6 Å². The number of hydrogen-bond acceptors (Lipinski definition) is 6. The molecule has 1 aromatic heterocycles. The van der Waals surface area contributed by atoms with Gasteiger partial charge in [-0.3, -0.25) is 4.79 Å². The van der Waals surface area contributed by atoms with Crippen LogP contribution in [-0.4, -0.2) is 59.7 Å². The van der Waals surface area contributed by atoms with Crippen LogP contribution >= 0.6 is 12.4 Å². The van der Waals surface area contributed by atoms with E-state index in [0.717, 1.165) is 50.9 Å². The predicted octanol–water partition coefficient (Wildman–Crippen LogP) is 2.62. The molecule has 0 spiro atoms. The number of carbonyl (C=O) groups is 1. The zero-order chi connectivity index (χ0) is 19.5. The molecule has 2 aliphatic rings. The minimum absolute atomic E-state index is 0. The van der Waals surface area contributed by atoms with E-state index in [4.69, 9.17) is 9.47 Å². The van der Waals surface area contributed by atoms with Crippen molar-refractivity contribution in [2.75, 3.05) is 33.9 Å². The molecule has 2 aliphatic heterocycles. The van der Waals surface area contributed by atoms with Gasteiger partial charge in [0.15, 0.2) is 17.2 Å². The largest absolute Gasteiger partial charge is 0.493 e. The van der Waals surface area contributed by atoms with Crippen molar-refractivity contribution >= 4 is 18.3 Å². The second-order valence-corrected chi connectivity index (χ2v) is 7.34. The Morgan fingerprint density at radius 3 is 2.62 bits per heavy atom. The fourth-order valence-electron chi connectivity index (χ4n) is 4.19. The number of nitrogens with zero attached hydrogens (tertiary/aromatic N) is 4. The maximum absolute atomic E-state index is 13.1. The quantitative estimate of drug-likeness (QED) is 0.799. The zero-order valence-electron chi connectivity index (χ0n) is 16.8. The summed E-state index contributed by atoms with van der Waals surface area (Å²) in [5.41, 5.74) is 1.47. The highest BCUT2D eigenvalue weighted by atomic mass is 35.5. The van der Waals surface area contributed by atoms with Gasteiger partial charge in [0.25, 0.3) is 5.91 Å². The second kappa shape index (κ2) is 9.45. The molecule has 1 atom stereocenters. The van der Waals surface area contributed by atoms with Crippen molar-refractivity contribution in [3.8, 4) is 11.5 Å². The van der Waals surface area contributed by atoms with Crippen LogP contribution in [0.3, 0.4) is 0 Å². The number of likely N-dealkylation sites (tertiary alicyclic amines) is 1. The maximum atomic E-state index is 13.1. The lowest BCUT2D eigenvalue weighted by Crippen LogP contribution is -2.31. The van der Waals surface area contributed by atoms with Crippen LogP contribution in [0.5, 0.6) is 11.5 Å². The Kier molecular flexibility index (Phi) is 6.97. The van der Waals surface area contributed by atoms with Crippen LogP contribution < -0.4 is 14.8 Å². The van der Waals surface area contributed by atoms with Crippen LogP contribution in [-0.2, 0) is 0 Å². The average Bonchev–Trinajstić information content (AvgIpc) is 3.43. The lowest BCUT2D eigenvalue weighted by molar-refractivity contribution is 0.0729. The number of benzene rings is 1. The van der Waals surface area contributed by atoms with Gasteiger partial charge in [-0.05, 0) is 56.5 Å². The highest BCUT2D eigenvalue weighted by molar-refractivity contribution is 5.92. The highest BCUT2D eigenvalue weighted by Crippen LogP contribution is 2.37. The fraction of sp³-hybridized carbons (Fsp3) is 0.550. The number of methoxy groups -OCH3 is 2. The molecule has 29 heavy (non-hydrogen) atoms. The summed E-state index contributed by atoms with van der Waals surface area (Å²) in [5.74, 6) is 1.31. The molecular weight excluding hydrogens is 394 g/mol. The third-order valence-electron chi connectivity index (χ3n) is 5.72. The van der Waals surface area contributed by atoms with Gasteiger partial charge in [-0.2, -0.15) is 0 Å². The van der Waals surface area contributed by atoms with E-state index in [0.29, 0.717) is 23.2 Å². The summed E-state index contributed by atoms with van der Waals surface area (Å²) in [6.45, 7) is 2.67. The third kappa shape index (κ3) is 4.33. The number of carbonyl (C=O) groups excluding carboxylic acids is 1. The molecule has 158 valence electrons. The van der Waals surface area contributed by atoms with Gasteiger partial charge < -0.3 is 19.7 Å². The van der Waals surface area contributed by atoms with E-state index < -0.39 is 0 Å². The lowest BCUT2D eigenvalue weighted by Gasteiger charge is -2.25. The molecule has 2 fully saturated rings. The van der Waals surface area contributed by atoms with Gasteiger partial charge in [0, 0.05) is 6.54 Å². The first-order valence-electron chi connectivity index (χ1n) is 9.86. The van der Waals surface area contributed by atoms with Crippen LogP contribution in [0.15, 0.2) is 24.4 Å². The van der Waals surface area contributed by atoms with Crippen LogP contribution in [0.4, 0.5) is 0 Å². The fourth-order valence-corrected chi connectivity index (χ4v) is 4.19. The topological polar surface area (TPSA) is 81.5 Å². The zero-order valence-corrected chi connectivity index (χ0v) is 17.7. The molecule has 2 aromatic rings. The third-order valence-corrected chi connectivity index (χ3v) is 5.72. The Balaban J connectivity index is 0.00000240. The van der Waals surface area contributed by atoms with Gasteiger partial charge in [0.1, 0.15) is 0 Å². The van der Waals surface area contributed by atoms with Crippen molar-refractivity contribution < 1.29 is 14.3 Å². The first kappa shape index (κ1) is 21.4. The monoisotopic (exact) mass is 421 g/mol. The molecular formula is C20H28ClN5O3. The predicted molar refractivity (Wildman–Crippen MR) is 111 cm³/mol. The molecule has 4 rings (SSSR count). The van der Waals surface area contributed by atoms with Gasteiger partial charge in [-0.25, -0.2) is 4.68 Å². The minimum atomic E-state index is -0.0579. The minimum Gasteiger partial charge on any atom is -0.493 e.